The molecular weight excluding hydrogens is 224 g/mol. The fourth-order valence-corrected chi connectivity index (χ4v) is 2.40. The summed E-state index contributed by atoms with van der Waals surface area (Å²) in [6.45, 7) is 7.78. The maximum atomic E-state index is 12.3. The van der Waals surface area contributed by atoms with Gasteiger partial charge in [-0.25, -0.2) is 0 Å². The Labute approximate surface area is 109 Å². The average molecular weight is 246 g/mol. The lowest BCUT2D eigenvalue weighted by Crippen LogP contribution is -2.47. The zero-order chi connectivity index (χ0) is 13.0. The van der Waals surface area contributed by atoms with Gasteiger partial charge in [-0.3, -0.25) is 4.79 Å². The summed E-state index contributed by atoms with van der Waals surface area (Å²) in [4.78, 5) is 14.3. The summed E-state index contributed by atoms with van der Waals surface area (Å²) in [5, 5.41) is 3.27. The molecule has 0 aliphatic carbocycles. The van der Waals surface area contributed by atoms with E-state index in [1.165, 1.54) is 5.56 Å². The van der Waals surface area contributed by atoms with Crippen molar-refractivity contribution >= 4 is 5.91 Å². The summed E-state index contributed by atoms with van der Waals surface area (Å²) in [7, 11) is 0. The Bertz CT molecular complexity index is 394. The van der Waals surface area contributed by atoms with E-state index in [0.717, 1.165) is 26.2 Å². The van der Waals surface area contributed by atoms with Crippen LogP contribution >= 0.6 is 0 Å². The van der Waals surface area contributed by atoms with Crippen LogP contribution < -0.4 is 5.32 Å². The quantitative estimate of drug-likeness (QED) is 0.882. The number of carbonyl (C=O) groups excluding carboxylic acids is 1. The minimum Gasteiger partial charge on any atom is -0.340 e. The fourth-order valence-electron chi connectivity index (χ4n) is 2.40. The predicted octanol–water partition coefficient (Wildman–Crippen LogP) is 1.79. The molecule has 1 N–H and O–H groups in total. The first-order valence-electron chi connectivity index (χ1n) is 6.64. The number of hydrogen-bond donors (Lipinski definition) is 1. The van der Waals surface area contributed by atoms with Gasteiger partial charge in [-0.2, -0.15) is 0 Å². The van der Waals surface area contributed by atoms with Gasteiger partial charge in [0.2, 0.25) is 5.91 Å². The number of piperazine rings is 1. The Kier molecular flexibility index (Phi) is 4.02. The van der Waals surface area contributed by atoms with Gasteiger partial charge in [-0.15, -0.1) is 0 Å². The van der Waals surface area contributed by atoms with Gasteiger partial charge in [0.05, 0.1) is 0 Å². The van der Waals surface area contributed by atoms with E-state index in [-0.39, 0.29) is 11.3 Å². The third kappa shape index (κ3) is 3.10. The standard InChI is InChI=1S/C15H22N2O/c1-15(2,13-6-4-3-5-7-13)12-14(18)17-10-8-16-9-11-17/h3-7,16H,8-12H2,1-2H3. The van der Waals surface area contributed by atoms with Crippen LogP contribution in [0.2, 0.25) is 0 Å². The molecule has 0 saturated carbocycles. The lowest BCUT2D eigenvalue weighted by atomic mass is 9.81. The first kappa shape index (κ1) is 13.1. The maximum absolute atomic E-state index is 12.3. The zero-order valence-electron chi connectivity index (χ0n) is 11.3. The van der Waals surface area contributed by atoms with Gasteiger partial charge in [0.25, 0.3) is 0 Å². The van der Waals surface area contributed by atoms with Crippen LogP contribution in [0.25, 0.3) is 0 Å². The van der Waals surface area contributed by atoms with Gasteiger partial charge in [-0.1, -0.05) is 44.2 Å². The van der Waals surface area contributed by atoms with E-state index in [9.17, 15) is 4.79 Å². The molecule has 1 aliphatic rings. The fraction of sp³-hybridized carbons (Fsp3) is 0.533. The topological polar surface area (TPSA) is 32.3 Å². The molecule has 0 atom stereocenters. The van der Waals surface area contributed by atoms with Crippen LogP contribution in [0.5, 0.6) is 0 Å². The highest BCUT2D eigenvalue weighted by Crippen LogP contribution is 2.27. The van der Waals surface area contributed by atoms with Gasteiger partial charge in [0, 0.05) is 32.6 Å². The van der Waals surface area contributed by atoms with Crippen molar-refractivity contribution < 1.29 is 4.79 Å². The predicted molar refractivity (Wildman–Crippen MR) is 73.5 cm³/mol. The van der Waals surface area contributed by atoms with Crippen molar-refractivity contribution in [1.29, 1.82) is 0 Å². The lowest BCUT2D eigenvalue weighted by Gasteiger charge is -2.32. The third-order valence-corrected chi connectivity index (χ3v) is 3.62. The van der Waals surface area contributed by atoms with E-state index in [1.54, 1.807) is 0 Å². The molecule has 0 aromatic heterocycles. The minimum atomic E-state index is -0.0940. The summed E-state index contributed by atoms with van der Waals surface area (Å²) in [6.07, 6.45) is 0.580. The smallest absolute Gasteiger partial charge is 0.223 e. The van der Waals surface area contributed by atoms with E-state index in [2.05, 4.69) is 31.3 Å². The van der Waals surface area contributed by atoms with Crippen LogP contribution in [0.3, 0.4) is 0 Å². The normalized spacial score (nSPS) is 16.7. The molecule has 3 nitrogen and oxygen atoms in total. The van der Waals surface area contributed by atoms with Crippen molar-refractivity contribution in [3.05, 3.63) is 35.9 Å². The first-order chi connectivity index (χ1) is 8.59. The van der Waals surface area contributed by atoms with Crippen LogP contribution in [0.1, 0.15) is 25.8 Å². The lowest BCUT2D eigenvalue weighted by molar-refractivity contribution is -0.132. The van der Waals surface area contributed by atoms with Gasteiger partial charge in [0.15, 0.2) is 0 Å². The summed E-state index contributed by atoms with van der Waals surface area (Å²) < 4.78 is 0. The average Bonchev–Trinajstić information content (AvgIpc) is 2.40. The van der Waals surface area contributed by atoms with Gasteiger partial charge in [-0.05, 0) is 11.0 Å². The number of amides is 1. The molecule has 1 aromatic carbocycles. The van der Waals surface area contributed by atoms with Crippen molar-refractivity contribution in [1.82, 2.24) is 10.2 Å². The monoisotopic (exact) mass is 246 g/mol. The second-order valence-electron chi connectivity index (χ2n) is 5.56. The second-order valence-corrected chi connectivity index (χ2v) is 5.56. The molecule has 0 spiro atoms. The Balaban J connectivity index is 2.01. The second kappa shape index (κ2) is 5.53. The largest absolute Gasteiger partial charge is 0.340 e. The Morgan fingerprint density at radius 3 is 2.44 bits per heavy atom. The number of carbonyl (C=O) groups is 1. The van der Waals surface area contributed by atoms with E-state index < -0.39 is 0 Å². The molecule has 0 bridgehead atoms. The van der Waals surface area contributed by atoms with Crippen molar-refractivity contribution in [2.75, 3.05) is 26.2 Å². The number of benzene rings is 1. The Morgan fingerprint density at radius 1 is 1.22 bits per heavy atom. The Hall–Kier alpha value is -1.35. The molecule has 0 unspecified atom stereocenters. The summed E-state index contributed by atoms with van der Waals surface area (Å²) in [5.74, 6) is 0.269. The highest BCUT2D eigenvalue weighted by atomic mass is 16.2. The molecule has 2 rings (SSSR count). The number of nitrogens with zero attached hydrogens (tertiary/aromatic N) is 1. The SMILES string of the molecule is CC(C)(CC(=O)N1CCNCC1)c1ccccc1. The van der Waals surface area contributed by atoms with Crippen LogP contribution in [0.15, 0.2) is 30.3 Å². The summed E-state index contributed by atoms with van der Waals surface area (Å²) in [6, 6.07) is 10.3. The zero-order valence-corrected chi connectivity index (χ0v) is 11.3. The van der Waals surface area contributed by atoms with E-state index in [0.29, 0.717) is 6.42 Å². The van der Waals surface area contributed by atoms with Crippen molar-refractivity contribution in [3.8, 4) is 0 Å². The highest BCUT2D eigenvalue weighted by Gasteiger charge is 2.27. The maximum Gasteiger partial charge on any atom is 0.223 e. The molecule has 98 valence electrons. The number of nitrogens with one attached hydrogen (secondary N) is 1. The molecule has 0 radical (unpaired) electrons. The number of hydrogen-bond acceptors (Lipinski definition) is 2. The van der Waals surface area contributed by atoms with Crippen LogP contribution in [-0.2, 0) is 10.2 Å². The highest BCUT2D eigenvalue weighted by molar-refractivity contribution is 5.77. The molecule has 18 heavy (non-hydrogen) atoms. The van der Waals surface area contributed by atoms with Crippen LogP contribution in [-0.4, -0.2) is 37.0 Å². The van der Waals surface area contributed by atoms with Crippen LogP contribution in [0.4, 0.5) is 0 Å². The molecule has 1 saturated heterocycles. The Morgan fingerprint density at radius 2 is 1.83 bits per heavy atom. The van der Waals surface area contributed by atoms with E-state index in [1.807, 2.05) is 23.1 Å². The third-order valence-electron chi connectivity index (χ3n) is 3.62. The van der Waals surface area contributed by atoms with Gasteiger partial charge in [0.1, 0.15) is 0 Å². The molecule has 1 amide bonds. The number of rotatable bonds is 3. The van der Waals surface area contributed by atoms with Gasteiger partial charge < -0.3 is 10.2 Å². The molecule has 3 heteroatoms. The van der Waals surface area contributed by atoms with Crippen LogP contribution in [0, 0.1) is 0 Å². The van der Waals surface area contributed by atoms with E-state index >= 15 is 0 Å². The molecule has 1 aromatic rings. The van der Waals surface area contributed by atoms with Gasteiger partial charge >= 0.3 is 0 Å². The molecule has 1 fully saturated rings. The van der Waals surface area contributed by atoms with Crippen molar-refractivity contribution in [2.24, 2.45) is 0 Å². The summed E-state index contributed by atoms with van der Waals surface area (Å²) in [5.41, 5.74) is 1.14. The van der Waals surface area contributed by atoms with Crippen molar-refractivity contribution in [3.63, 3.8) is 0 Å². The summed E-state index contributed by atoms with van der Waals surface area (Å²) >= 11 is 0. The van der Waals surface area contributed by atoms with E-state index in [4.69, 9.17) is 0 Å². The first-order valence-corrected chi connectivity index (χ1v) is 6.64. The van der Waals surface area contributed by atoms with Crippen molar-refractivity contribution in [2.45, 2.75) is 25.7 Å². The molecule has 1 heterocycles. The molecular formula is C15H22N2O. The minimum absolute atomic E-state index is 0.0940. The molecule has 1 aliphatic heterocycles.